The fraction of sp³-hybridized carbons (Fsp3) is 0.763. The van der Waals surface area contributed by atoms with Gasteiger partial charge in [-0.2, -0.15) is 20.1 Å². The number of aromatic nitrogens is 4. The summed E-state index contributed by atoms with van der Waals surface area (Å²) < 4.78 is 69.5. The topological polar surface area (TPSA) is 222 Å². The molecular formula is C38H59N6O13P. The van der Waals surface area contributed by atoms with Gasteiger partial charge in [-0.15, -0.1) is 0 Å². The molecule has 19 nitrogen and oxygen atoms in total. The van der Waals surface area contributed by atoms with Crippen molar-refractivity contribution >= 4 is 42.7 Å². The first-order chi connectivity index (χ1) is 26.8. The molecule has 0 aliphatic carbocycles. The average Bonchev–Trinajstić information content (AvgIpc) is 3.73. The Morgan fingerprint density at radius 2 is 1.43 bits per heavy atom. The van der Waals surface area contributed by atoms with Crippen molar-refractivity contribution in [1.29, 1.82) is 5.26 Å². The van der Waals surface area contributed by atoms with E-state index < -0.39 is 84.6 Å². The normalized spacial score (nSPS) is 21.3. The van der Waals surface area contributed by atoms with E-state index in [4.69, 9.17) is 42.2 Å². The number of anilines is 1. The summed E-state index contributed by atoms with van der Waals surface area (Å²) in [7, 11) is -4.27. The van der Waals surface area contributed by atoms with Crippen LogP contribution in [-0.2, 0) is 51.6 Å². The van der Waals surface area contributed by atoms with Crippen molar-refractivity contribution in [1.82, 2.24) is 19.5 Å². The second kappa shape index (κ2) is 18.2. The molecule has 2 aromatic heterocycles. The van der Waals surface area contributed by atoms with Crippen LogP contribution in [0.15, 0.2) is 6.33 Å². The Labute approximate surface area is 339 Å². The molecule has 20 heteroatoms. The van der Waals surface area contributed by atoms with Crippen molar-refractivity contribution in [3.63, 3.8) is 0 Å². The number of esters is 1. The lowest BCUT2D eigenvalue weighted by Gasteiger charge is -2.30. The third-order valence-corrected chi connectivity index (χ3v) is 10.1. The molecule has 0 N–H and O–H groups in total. The first kappa shape index (κ1) is 46.9. The molecule has 0 spiro atoms. The maximum atomic E-state index is 14.4. The molecular weight excluding hydrogens is 779 g/mol. The van der Waals surface area contributed by atoms with Crippen LogP contribution in [0.4, 0.5) is 15.4 Å². The van der Waals surface area contributed by atoms with Crippen LogP contribution in [0.1, 0.15) is 128 Å². The summed E-state index contributed by atoms with van der Waals surface area (Å²) in [4.78, 5) is 54.5. The van der Waals surface area contributed by atoms with E-state index in [2.05, 4.69) is 15.0 Å². The third-order valence-electron chi connectivity index (χ3n) is 8.12. The summed E-state index contributed by atoms with van der Waals surface area (Å²) in [6.45, 7) is 21.8. The van der Waals surface area contributed by atoms with Gasteiger partial charge in [-0.1, -0.05) is 26.7 Å². The fourth-order valence-electron chi connectivity index (χ4n) is 5.85. The van der Waals surface area contributed by atoms with Crippen LogP contribution >= 0.6 is 7.60 Å². The smallest absolute Gasteiger partial charge is 0.425 e. The molecule has 5 atom stereocenters. The standard InChI is InChI=1S/C38H59N6O13P/c1-14-16-18-50-58(48,51-19-17-15-2)32(31(45)55-35(3,4)5)49-21-23-26-27(54-38(12,13)53-26)30(52-23)43-22-40-25-28(43)41-24(20-39)42-29(25)44(33(46)56-36(6,7)8)34(47)57-37(9,10)11/h22-23,26-27,30,32H,14-19,21H2,1-13H3/t23-,26-,27-,30-,32?/m1/s1. The Balaban J connectivity index is 1.77. The number of carbonyl (C=O) groups is 3. The number of hydrogen-bond donors (Lipinski definition) is 0. The summed E-state index contributed by atoms with van der Waals surface area (Å²) in [5.41, 5.74) is -3.11. The van der Waals surface area contributed by atoms with Crippen LogP contribution in [0.5, 0.6) is 0 Å². The van der Waals surface area contributed by atoms with Gasteiger partial charge in [0.05, 0.1) is 26.1 Å². The van der Waals surface area contributed by atoms with Crippen LogP contribution in [-0.4, -0.2) is 104 Å². The summed E-state index contributed by atoms with van der Waals surface area (Å²) in [6.07, 6.45) is -2.03. The van der Waals surface area contributed by atoms with Crippen LogP contribution in [0.3, 0.4) is 0 Å². The molecule has 2 fully saturated rings. The van der Waals surface area contributed by atoms with Gasteiger partial charge in [0.1, 0.15) is 41.2 Å². The number of carbonyl (C=O) groups excluding carboxylic acids is 3. The van der Waals surface area contributed by atoms with E-state index in [0.29, 0.717) is 17.7 Å². The molecule has 1 unspecified atom stereocenters. The van der Waals surface area contributed by atoms with E-state index in [9.17, 15) is 24.2 Å². The van der Waals surface area contributed by atoms with Gasteiger partial charge in [-0.25, -0.2) is 19.4 Å². The Hall–Kier alpha value is -3.76. The molecule has 0 saturated carbocycles. The Kier molecular flexibility index (Phi) is 14.8. The molecule has 2 aromatic rings. The van der Waals surface area contributed by atoms with Gasteiger partial charge in [0, 0.05) is 0 Å². The number of unbranched alkanes of at least 4 members (excludes halogenated alkanes) is 2. The largest absolute Gasteiger partial charge is 0.458 e. The van der Waals surface area contributed by atoms with Crippen molar-refractivity contribution in [2.24, 2.45) is 0 Å². The number of imide groups is 1. The third kappa shape index (κ3) is 11.9. The predicted molar refractivity (Wildman–Crippen MR) is 208 cm³/mol. The first-order valence-electron chi connectivity index (χ1n) is 19.5. The predicted octanol–water partition coefficient (Wildman–Crippen LogP) is 7.30. The van der Waals surface area contributed by atoms with E-state index in [-0.39, 0.29) is 36.8 Å². The Morgan fingerprint density at radius 3 is 1.93 bits per heavy atom. The maximum Gasteiger partial charge on any atom is 0.425 e. The Morgan fingerprint density at radius 1 is 0.897 bits per heavy atom. The van der Waals surface area contributed by atoms with E-state index >= 15 is 0 Å². The summed E-state index contributed by atoms with van der Waals surface area (Å²) in [6, 6.07) is 1.87. The molecule has 2 aliphatic heterocycles. The molecule has 324 valence electrons. The van der Waals surface area contributed by atoms with Gasteiger partial charge in [0.15, 0.2) is 29.0 Å². The number of amides is 2. The van der Waals surface area contributed by atoms with Gasteiger partial charge in [0.25, 0.3) is 5.85 Å². The summed E-state index contributed by atoms with van der Waals surface area (Å²) in [5.74, 6) is -4.62. The number of fused-ring (bicyclic) bond motifs is 2. The number of hydrogen-bond acceptors (Lipinski definition) is 17. The monoisotopic (exact) mass is 838 g/mol. The van der Waals surface area contributed by atoms with Gasteiger partial charge < -0.3 is 42.2 Å². The van der Waals surface area contributed by atoms with Gasteiger partial charge in [-0.3, -0.25) is 9.13 Å². The highest BCUT2D eigenvalue weighted by molar-refractivity contribution is 7.55. The minimum atomic E-state index is -4.27. The second-order valence-electron chi connectivity index (χ2n) is 17.4. The van der Waals surface area contributed by atoms with Crippen LogP contribution in [0, 0.1) is 11.3 Å². The minimum Gasteiger partial charge on any atom is -0.458 e. The molecule has 4 rings (SSSR count). The van der Waals surface area contributed by atoms with Crippen LogP contribution in [0.25, 0.3) is 11.2 Å². The van der Waals surface area contributed by atoms with Gasteiger partial charge in [0.2, 0.25) is 5.82 Å². The lowest BCUT2D eigenvalue weighted by molar-refractivity contribution is -0.204. The highest BCUT2D eigenvalue weighted by Gasteiger charge is 2.57. The molecule has 0 bridgehead atoms. The maximum absolute atomic E-state index is 14.4. The zero-order valence-electron chi connectivity index (χ0n) is 35.9. The Bertz CT molecular complexity index is 1830. The number of nitrogens with zero attached hydrogens (tertiary/aromatic N) is 6. The van der Waals surface area contributed by atoms with E-state index in [1.54, 1.807) is 76.2 Å². The zero-order chi connectivity index (χ0) is 43.4. The van der Waals surface area contributed by atoms with E-state index in [1.807, 2.05) is 19.9 Å². The highest BCUT2D eigenvalue weighted by atomic mass is 31.2. The SMILES string of the molecule is CCCCOP(=O)(OCCCC)C(OC[C@H]1O[C@@H](n2cnc3c(N(C(=O)OC(C)(C)C)C(=O)OC(C)(C)C)nc(C#N)nc32)[C@@H]2OC(C)(C)O[C@@H]21)C(=O)OC(C)(C)C. The molecule has 0 radical (unpaired) electrons. The van der Waals surface area contributed by atoms with E-state index in [1.165, 1.54) is 10.9 Å². The average molecular weight is 839 g/mol. The summed E-state index contributed by atoms with van der Waals surface area (Å²) in [5, 5.41) is 10.0. The lowest BCUT2D eigenvalue weighted by Crippen LogP contribution is -2.44. The summed E-state index contributed by atoms with van der Waals surface area (Å²) >= 11 is 0. The van der Waals surface area contributed by atoms with Crippen molar-refractivity contribution in [2.75, 3.05) is 24.7 Å². The molecule has 0 aromatic carbocycles. The molecule has 2 saturated heterocycles. The second-order valence-corrected chi connectivity index (χ2v) is 19.4. The number of imidazole rings is 1. The molecule has 4 heterocycles. The van der Waals surface area contributed by atoms with E-state index in [0.717, 1.165) is 12.8 Å². The van der Waals surface area contributed by atoms with Gasteiger partial charge >= 0.3 is 25.8 Å². The fourth-order valence-corrected chi connectivity index (χ4v) is 7.54. The quantitative estimate of drug-likeness (QED) is 0.0742. The van der Waals surface area contributed by atoms with Crippen LogP contribution < -0.4 is 4.90 Å². The molecule has 2 aliphatic rings. The van der Waals surface area contributed by atoms with Crippen molar-refractivity contribution in [2.45, 2.75) is 169 Å². The molecule has 58 heavy (non-hydrogen) atoms. The highest BCUT2D eigenvalue weighted by Crippen LogP contribution is 2.55. The van der Waals surface area contributed by atoms with Crippen molar-refractivity contribution in [3.8, 4) is 6.07 Å². The van der Waals surface area contributed by atoms with Gasteiger partial charge in [-0.05, 0) is 89.0 Å². The molecule has 2 amide bonds. The first-order valence-corrected chi connectivity index (χ1v) is 21.1. The van der Waals surface area contributed by atoms with Crippen LogP contribution in [0.2, 0.25) is 0 Å². The number of rotatable bonds is 15. The minimum absolute atomic E-state index is 0.0120. The van der Waals surface area contributed by atoms with Crippen molar-refractivity contribution in [3.05, 3.63) is 12.2 Å². The number of ether oxygens (including phenoxy) is 7. The lowest BCUT2D eigenvalue weighted by atomic mass is 10.1. The number of nitriles is 1. The zero-order valence-corrected chi connectivity index (χ0v) is 36.7. The van der Waals surface area contributed by atoms with Crippen molar-refractivity contribution < 1.29 is 61.2 Å².